The van der Waals surface area contributed by atoms with Gasteiger partial charge in [-0.3, -0.25) is 4.79 Å². The highest BCUT2D eigenvalue weighted by atomic mass is 16.5. The van der Waals surface area contributed by atoms with Gasteiger partial charge in [0, 0.05) is 23.5 Å². The van der Waals surface area contributed by atoms with E-state index >= 15 is 0 Å². The van der Waals surface area contributed by atoms with Gasteiger partial charge in [-0.25, -0.2) is 9.59 Å². The molecule has 0 fully saturated rings. The quantitative estimate of drug-likeness (QED) is 0.501. The van der Waals surface area contributed by atoms with Crippen molar-refractivity contribution in [2.45, 2.75) is 26.4 Å². The SMILES string of the molecule is COC(=O)[C@H](C(C)C)N1Cc2ccc(-c3ccc(NC(=O)Nc4ccccc4)cc3)cc2C1=O. The predicted molar refractivity (Wildman–Crippen MR) is 131 cm³/mol. The lowest BCUT2D eigenvalue weighted by Gasteiger charge is -2.28. The van der Waals surface area contributed by atoms with Crippen LogP contribution in [0.1, 0.15) is 29.8 Å². The largest absolute Gasteiger partial charge is 0.467 e. The smallest absolute Gasteiger partial charge is 0.328 e. The van der Waals surface area contributed by atoms with Gasteiger partial charge in [0.2, 0.25) is 0 Å². The molecule has 7 nitrogen and oxygen atoms in total. The normalized spacial score (nSPS) is 13.4. The van der Waals surface area contributed by atoms with Crippen molar-refractivity contribution in [3.8, 4) is 11.1 Å². The van der Waals surface area contributed by atoms with E-state index in [1.807, 2.05) is 86.6 Å². The number of para-hydroxylation sites is 1. The fourth-order valence-corrected chi connectivity index (χ4v) is 4.17. The summed E-state index contributed by atoms with van der Waals surface area (Å²) in [5.74, 6) is -0.642. The summed E-state index contributed by atoms with van der Waals surface area (Å²) in [7, 11) is 1.34. The number of benzene rings is 3. The molecule has 1 aliphatic heterocycles. The number of amides is 3. The lowest BCUT2D eigenvalue weighted by atomic mass is 10.00. The minimum absolute atomic E-state index is 0.0654. The molecule has 0 radical (unpaired) electrons. The topological polar surface area (TPSA) is 87.7 Å². The predicted octanol–water partition coefficient (Wildman–Crippen LogP) is 5.15. The van der Waals surface area contributed by atoms with Gasteiger partial charge in [-0.2, -0.15) is 0 Å². The highest BCUT2D eigenvalue weighted by Gasteiger charge is 2.38. The second kappa shape index (κ2) is 9.79. The van der Waals surface area contributed by atoms with Crippen LogP contribution in [0.15, 0.2) is 72.8 Å². The first-order chi connectivity index (χ1) is 16.4. The summed E-state index contributed by atoms with van der Waals surface area (Å²) in [5, 5.41) is 5.59. The van der Waals surface area contributed by atoms with E-state index in [0.717, 1.165) is 16.7 Å². The summed E-state index contributed by atoms with van der Waals surface area (Å²) in [6, 6.07) is 21.4. The van der Waals surface area contributed by atoms with Gasteiger partial charge in [0.25, 0.3) is 5.91 Å². The number of urea groups is 1. The van der Waals surface area contributed by atoms with Crippen LogP contribution in [0.3, 0.4) is 0 Å². The molecule has 1 atom stereocenters. The number of hydrogen-bond acceptors (Lipinski definition) is 4. The van der Waals surface area contributed by atoms with E-state index < -0.39 is 12.0 Å². The number of esters is 1. The third-order valence-electron chi connectivity index (χ3n) is 5.86. The van der Waals surface area contributed by atoms with Gasteiger partial charge in [0.05, 0.1) is 7.11 Å². The highest BCUT2D eigenvalue weighted by molar-refractivity contribution is 6.02. The molecular weight excluding hydrogens is 430 g/mol. The Labute approximate surface area is 198 Å². The van der Waals surface area contributed by atoms with E-state index in [9.17, 15) is 14.4 Å². The Morgan fingerprint density at radius 2 is 1.50 bits per heavy atom. The zero-order valence-electron chi connectivity index (χ0n) is 19.4. The second-order valence-corrected chi connectivity index (χ2v) is 8.54. The Morgan fingerprint density at radius 1 is 0.882 bits per heavy atom. The summed E-state index contributed by atoms with van der Waals surface area (Å²) < 4.78 is 4.93. The van der Waals surface area contributed by atoms with Gasteiger partial charge in [0.15, 0.2) is 0 Å². The number of nitrogens with zero attached hydrogens (tertiary/aromatic N) is 1. The lowest BCUT2D eigenvalue weighted by Crippen LogP contribution is -2.45. The first-order valence-corrected chi connectivity index (χ1v) is 11.1. The van der Waals surface area contributed by atoms with Gasteiger partial charge in [-0.05, 0) is 52.9 Å². The number of carbonyl (C=O) groups is 3. The standard InChI is InChI=1S/C27H27N3O4/c1-17(2)24(26(32)34-3)30-16-20-10-9-19(15-23(20)25(30)31)18-11-13-22(14-12-18)29-27(33)28-21-7-5-4-6-8-21/h4-15,17,24H,16H2,1-3H3,(H2,28,29,33)/t24-/m0/s1. The Balaban J connectivity index is 1.48. The average molecular weight is 458 g/mol. The van der Waals surface area contributed by atoms with Gasteiger partial charge in [0.1, 0.15) is 6.04 Å². The number of fused-ring (bicyclic) bond motifs is 1. The van der Waals surface area contributed by atoms with Crippen molar-refractivity contribution < 1.29 is 19.1 Å². The van der Waals surface area contributed by atoms with E-state index in [2.05, 4.69) is 10.6 Å². The highest BCUT2D eigenvalue weighted by Crippen LogP contribution is 2.32. The Hall–Kier alpha value is -4.13. The molecule has 3 aromatic rings. The van der Waals surface area contributed by atoms with E-state index in [1.165, 1.54) is 7.11 Å². The summed E-state index contributed by atoms with van der Waals surface area (Å²) in [6.07, 6.45) is 0. The molecule has 34 heavy (non-hydrogen) atoms. The number of methoxy groups -OCH3 is 1. The van der Waals surface area contributed by atoms with Crippen LogP contribution >= 0.6 is 0 Å². The Kier molecular flexibility index (Phi) is 6.63. The van der Waals surface area contributed by atoms with Crippen LogP contribution in [0.4, 0.5) is 16.2 Å². The molecule has 0 bridgehead atoms. The molecule has 0 aromatic heterocycles. The molecule has 0 spiro atoms. The number of nitrogens with one attached hydrogen (secondary N) is 2. The molecule has 7 heteroatoms. The first kappa shape index (κ1) is 23.0. The molecule has 0 unspecified atom stereocenters. The first-order valence-electron chi connectivity index (χ1n) is 11.1. The maximum Gasteiger partial charge on any atom is 0.328 e. The van der Waals surface area contributed by atoms with Crippen LogP contribution in [0.25, 0.3) is 11.1 Å². The van der Waals surface area contributed by atoms with Crippen molar-refractivity contribution >= 4 is 29.3 Å². The average Bonchev–Trinajstić information content (AvgIpc) is 3.15. The van der Waals surface area contributed by atoms with Crippen molar-refractivity contribution in [2.75, 3.05) is 17.7 Å². The zero-order valence-corrected chi connectivity index (χ0v) is 19.4. The zero-order chi connectivity index (χ0) is 24.2. The molecule has 3 aromatic carbocycles. The van der Waals surface area contributed by atoms with Gasteiger partial charge >= 0.3 is 12.0 Å². The molecular formula is C27H27N3O4. The lowest BCUT2D eigenvalue weighted by molar-refractivity contribution is -0.147. The number of anilines is 2. The Bertz CT molecular complexity index is 1210. The van der Waals surface area contributed by atoms with Crippen LogP contribution in [0.5, 0.6) is 0 Å². The monoisotopic (exact) mass is 457 g/mol. The van der Waals surface area contributed by atoms with E-state index in [1.54, 1.807) is 4.90 Å². The summed E-state index contributed by atoms with van der Waals surface area (Å²) in [4.78, 5) is 39.2. The van der Waals surface area contributed by atoms with Crippen molar-refractivity contribution in [3.63, 3.8) is 0 Å². The molecule has 0 saturated heterocycles. The summed E-state index contributed by atoms with van der Waals surface area (Å²) >= 11 is 0. The molecule has 0 aliphatic carbocycles. The molecule has 0 saturated carbocycles. The van der Waals surface area contributed by atoms with E-state index in [-0.39, 0.29) is 17.9 Å². The third-order valence-corrected chi connectivity index (χ3v) is 5.86. The fraction of sp³-hybridized carbons (Fsp3) is 0.222. The number of carbonyl (C=O) groups excluding carboxylic acids is 3. The van der Waals surface area contributed by atoms with Gasteiger partial charge in [-0.1, -0.05) is 56.3 Å². The van der Waals surface area contributed by atoms with Crippen molar-refractivity contribution in [1.29, 1.82) is 0 Å². The number of hydrogen-bond donors (Lipinski definition) is 2. The van der Waals surface area contributed by atoms with Crippen LogP contribution < -0.4 is 10.6 Å². The van der Waals surface area contributed by atoms with E-state index in [0.29, 0.717) is 23.5 Å². The van der Waals surface area contributed by atoms with Gasteiger partial charge < -0.3 is 20.3 Å². The minimum Gasteiger partial charge on any atom is -0.467 e. The molecule has 1 heterocycles. The maximum absolute atomic E-state index is 13.1. The second-order valence-electron chi connectivity index (χ2n) is 8.54. The summed E-state index contributed by atoms with van der Waals surface area (Å²) in [6.45, 7) is 4.18. The number of rotatable bonds is 6. The fourth-order valence-electron chi connectivity index (χ4n) is 4.17. The molecule has 3 amide bonds. The van der Waals surface area contributed by atoms with Crippen molar-refractivity contribution in [2.24, 2.45) is 5.92 Å². The number of ether oxygens (including phenoxy) is 1. The van der Waals surface area contributed by atoms with Crippen molar-refractivity contribution in [3.05, 3.63) is 83.9 Å². The molecule has 2 N–H and O–H groups in total. The molecule has 1 aliphatic rings. The Morgan fingerprint density at radius 3 is 2.12 bits per heavy atom. The molecule has 174 valence electrons. The minimum atomic E-state index is -0.624. The van der Waals surface area contributed by atoms with Gasteiger partial charge in [-0.15, -0.1) is 0 Å². The molecule has 4 rings (SSSR count). The summed E-state index contributed by atoms with van der Waals surface area (Å²) in [5.41, 5.74) is 4.64. The van der Waals surface area contributed by atoms with E-state index in [4.69, 9.17) is 4.74 Å². The third kappa shape index (κ3) is 4.78. The van der Waals surface area contributed by atoms with Crippen molar-refractivity contribution in [1.82, 2.24) is 4.90 Å². The van der Waals surface area contributed by atoms with Crippen LogP contribution in [0.2, 0.25) is 0 Å². The van der Waals surface area contributed by atoms with Crippen LogP contribution in [-0.4, -0.2) is 36.0 Å². The van der Waals surface area contributed by atoms with Crippen LogP contribution in [-0.2, 0) is 16.1 Å². The maximum atomic E-state index is 13.1. The van der Waals surface area contributed by atoms with Crippen LogP contribution in [0, 0.1) is 5.92 Å².